The summed E-state index contributed by atoms with van der Waals surface area (Å²) in [7, 11) is 2.20. The number of nitrogens with zero attached hydrogens (tertiary/aromatic N) is 1. The lowest BCUT2D eigenvalue weighted by atomic mass is 9.92. The fourth-order valence-corrected chi connectivity index (χ4v) is 3.51. The van der Waals surface area contributed by atoms with E-state index in [9.17, 15) is 0 Å². The standard InChI is InChI=1S/C15H22BrClN2/c1-19(12-5-3-2-4-6-12)15(10-18)11-7-8-14(17)13(16)9-11/h7-9,12,15H,2-6,10,18H2,1H3. The summed E-state index contributed by atoms with van der Waals surface area (Å²) in [5.74, 6) is 0. The van der Waals surface area contributed by atoms with Gasteiger partial charge in [0.15, 0.2) is 0 Å². The van der Waals surface area contributed by atoms with Gasteiger partial charge in [-0.2, -0.15) is 0 Å². The highest BCUT2D eigenvalue weighted by atomic mass is 79.9. The maximum absolute atomic E-state index is 6.07. The molecule has 106 valence electrons. The molecule has 4 heteroatoms. The highest BCUT2D eigenvalue weighted by Gasteiger charge is 2.25. The van der Waals surface area contributed by atoms with Crippen molar-refractivity contribution in [2.45, 2.75) is 44.2 Å². The first-order valence-electron chi connectivity index (χ1n) is 7.00. The number of hydrogen-bond acceptors (Lipinski definition) is 2. The molecule has 0 spiro atoms. The van der Waals surface area contributed by atoms with Crippen molar-refractivity contribution in [3.8, 4) is 0 Å². The molecule has 1 aromatic rings. The molecule has 1 unspecified atom stereocenters. The minimum atomic E-state index is 0.275. The number of rotatable bonds is 4. The zero-order valence-electron chi connectivity index (χ0n) is 11.4. The topological polar surface area (TPSA) is 29.3 Å². The van der Waals surface area contributed by atoms with Crippen LogP contribution in [0.25, 0.3) is 0 Å². The molecule has 2 nitrogen and oxygen atoms in total. The van der Waals surface area contributed by atoms with Crippen molar-refractivity contribution in [3.05, 3.63) is 33.3 Å². The molecule has 0 heterocycles. The second-order valence-corrected chi connectivity index (χ2v) is 6.64. The summed E-state index contributed by atoms with van der Waals surface area (Å²) in [5.41, 5.74) is 7.25. The van der Waals surface area contributed by atoms with Crippen LogP contribution in [0, 0.1) is 0 Å². The highest BCUT2D eigenvalue weighted by Crippen LogP contribution is 2.31. The lowest BCUT2D eigenvalue weighted by Gasteiger charge is -2.37. The van der Waals surface area contributed by atoms with E-state index in [1.54, 1.807) is 0 Å². The van der Waals surface area contributed by atoms with Crippen LogP contribution >= 0.6 is 27.5 Å². The fourth-order valence-electron chi connectivity index (χ4n) is 3.00. The van der Waals surface area contributed by atoms with Gasteiger partial charge in [0.1, 0.15) is 0 Å². The molecule has 1 aliphatic carbocycles. The lowest BCUT2D eigenvalue weighted by molar-refractivity contribution is 0.140. The number of halogens is 2. The molecule has 1 aromatic carbocycles. The molecule has 0 amide bonds. The van der Waals surface area contributed by atoms with E-state index in [2.05, 4.69) is 40.0 Å². The van der Waals surface area contributed by atoms with Crippen LogP contribution in [0.15, 0.2) is 22.7 Å². The van der Waals surface area contributed by atoms with Crippen LogP contribution in [0.1, 0.15) is 43.7 Å². The molecular formula is C15H22BrClN2. The van der Waals surface area contributed by atoms with E-state index >= 15 is 0 Å². The van der Waals surface area contributed by atoms with E-state index in [0.717, 1.165) is 9.50 Å². The van der Waals surface area contributed by atoms with Gasteiger partial charge in [0.25, 0.3) is 0 Å². The smallest absolute Gasteiger partial charge is 0.0548 e. The summed E-state index contributed by atoms with van der Waals surface area (Å²) in [6.07, 6.45) is 6.65. The molecule has 2 rings (SSSR count). The molecule has 1 saturated carbocycles. The van der Waals surface area contributed by atoms with E-state index in [1.165, 1.54) is 37.7 Å². The Morgan fingerprint density at radius 3 is 2.63 bits per heavy atom. The molecule has 0 saturated heterocycles. The normalized spacial score (nSPS) is 18.8. The monoisotopic (exact) mass is 344 g/mol. The Labute approximate surface area is 129 Å². The molecule has 0 aromatic heterocycles. The van der Waals surface area contributed by atoms with Crippen molar-refractivity contribution in [1.29, 1.82) is 0 Å². The van der Waals surface area contributed by atoms with E-state index < -0.39 is 0 Å². The van der Waals surface area contributed by atoms with Crippen LogP contribution in [0.5, 0.6) is 0 Å². The first kappa shape index (κ1) is 15.3. The SMILES string of the molecule is CN(C1CCCCC1)C(CN)c1ccc(Cl)c(Br)c1. The van der Waals surface area contributed by atoms with Crippen LogP contribution in [0.4, 0.5) is 0 Å². The Balaban J connectivity index is 2.15. The number of benzene rings is 1. The molecule has 0 bridgehead atoms. The summed E-state index contributed by atoms with van der Waals surface area (Å²) in [6.45, 7) is 0.640. The molecule has 1 fully saturated rings. The van der Waals surface area contributed by atoms with Crippen LogP contribution in [0.2, 0.25) is 5.02 Å². The van der Waals surface area contributed by atoms with Crippen molar-refractivity contribution in [3.63, 3.8) is 0 Å². The Morgan fingerprint density at radius 1 is 1.37 bits per heavy atom. The van der Waals surface area contributed by atoms with Crippen LogP contribution in [-0.4, -0.2) is 24.5 Å². The molecular weight excluding hydrogens is 324 g/mol. The summed E-state index contributed by atoms with van der Waals surface area (Å²) >= 11 is 9.56. The molecule has 0 radical (unpaired) electrons. The Bertz CT molecular complexity index is 419. The largest absolute Gasteiger partial charge is 0.329 e. The average Bonchev–Trinajstić information content (AvgIpc) is 2.44. The first-order valence-corrected chi connectivity index (χ1v) is 8.17. The summed E-state index contributed by atoms with van der Waals surface area (Å²) in [4.78, 5) is 2.45. The molecule has 0 aliphatic heterocycles. The Kier molecular flexibility index (Phi) is 5.70. The number of nitrogens with two attached hydrogens (primary N) is 1. The van der Waals surface area contributed by atoms with Gasteiger partial charge in [-0.25, -0.2) is 0 Å². The third kappa shape index (κ3) is 3.72. The highest BCUT2D eigenvalue weighted by molar-refractivity contribution is 9.10. The van der Waals surface area contributed by atoms with Gasteiger partial charge in [-0.15, -0.1) is 0 Å². The van der Waals surface area contributed by atoms with E-state index in [4.69, 9.17) is 17.3 Å². The zero-order chi connectivity index (χ0) is 13.8. The predicted octanol–water partition coefficient (Wildman–Crippen LogP) is 4.37. The Morgan fingerprint density at radius 2 is 2.05 bits per heavy atom. The quantitative estimate of drug-likeness (QED) is 0.878. The number of hydrogen-bond donors (Lipinski definition) is 1. The van der Waals surface area contributed by atoms with Gasteiger partial charge in [0, 0.05) is 23.1 Å². The second kappa shape index (κ2) is 7.07. The predicted molar refractivity (Wildman–Crippen MR) is 85.6 cm³/mol. The maximum Gasteiger partial charge on any atom is 0.0548 e. The second-order valence-electron chi connectivity index (χ2n) is 5.38. The molecule has 1 atom stereocenters. The zero-order valence-corrected chi connectivity index (χ0v) is 13.8. The maximum atomic E-state index is 6.07. The van der Waals surface area contributed by atoms with Gasteiger partial charge >= 0.3 is 0 Å². The average molecular weight is 346 g/mol. The van der Waals surface area contributed by atoms with E-state index in [0.29, 0.717) is 12.6 Å². The van der Waals surface area contributed by atoms with Gasteiger partial charge in [-0.1, -0.05) is 36.9 Å². The minimum absolute atomic E-state index is 0.275. The molecule has 2 N–H and O–H groups in total. The molecule has 1 aliphatic rings. The van der Waals surface area contributed by atoms with Gasteiger partial charge in [-0.05, 0) is 53.5 Å². The first-order chi connectivity index (χ1) is 9.13. The molecule has 19 heavy (non-hydrogen) atoms. The third-order valence-corrected chi connectivity index (χ3v) is 5.41. The van der Waals surface area contributed by atoms with Gasteiger partial charge < -0.3 is 5.73 Å². The van der Waals surface area contributed by atoms with E-state index in [-0.39, 0.29) is 6.04 Å². The van der Waals surface area contributed by atoms with Crippen molar-refractivity contribution in [2.24, 2.45) is 5.73 Å². The van der Waals surface area contributed by atoms with Crippen molar-refractivity contribution < 1.29 is 0 Å². The van der Waals surface area contributed by atoms with Crippen molar-refractivity contribution in [1.82, 2.24) is 4.90 Å². The third-order valence-electron chi connectivity index (χ3n) is 4.19. The van der Waals surface area contributed by atoms with Gasteiger partial charge in [0.2, 0.25) is 0 Å². The summed E-state index contributed by atoms with van der Waals surface area (Å²) < 4.78 is 0.946. The number of likely N-dealkylation sites (N-methyl/N-ethyl adjacent to an activating group) is 1. The van der Waals surface area contributed by atoms with Crippen LogP contribution in [-0.2, 0) is 0 Å². The minimum Gasteiger partial charge on any atom is -0.329 e. The van der Waals surface area contributed by atoms with Crippen molar-refractivity contribution in [2.75, 3.05) is 13.6 Å². The van der Waals surface area contributed by atoms with Gasteiger partial charge in [-0.3, -0.25) is 4.90 Å². The van der Waals surface area contributed by atoms with Crippen LogP contribution < -0.4 is 5.73 Å². The van der Waals surface area contributed by atoms with Crippen LogP contribution in [0.3, 0.4) is 0 Å². The lowest BCUT2D eigenvalue weighted by Crippen LogP contribution is -2.39. The summed E-state index contributed by atoms with van der Waals surface area (Å²) in [5, 5.41) is 0.750. The van der Waals surface area contributed by atoms with E-state index in [1.807, 2.05) is 6.07 Å². The van der Waals surface area contributed by atoms with Gasteiger partial charge in [0.05, 0.1) is 5.02 Å². The Hall–Kier alpha value is -0.0900. The summed E-state index contributed by atoms with van der Waals surface area (Å²) in [6, 6.07) is 7.06. The fraction of sp³-hybridized carbons (Fsp3) is 0.600. The van der Waals surface area contributed by atoms with Crippen molar-refractivity contribution >= 4 is 27.5 Å².